The zero-order chi connectivity index (χ0) is 32.2. The fourth-order valence-corrected chi connectivity index (χ4v) is 5.07. The second-order valence-electron chi connectivity index (χ2n) is 9.45. The molecule has 3 heterocycles. The lowest BCUT2D eigenvalue weighted by atomic mass is 10.2. The molecule has 3 aromatic carbocycles. The van der Waals surface area contributed by atoms with Crippen LogP contribution in [0.5, 0.6) is 29.0 Å². The lowest BCUT2D eigenvalue weighted by Crippen LogP contribution is -2.16. The summed E-state index contributed by atoms with van der Waals surface area (Å²) in [6.07, 6.45) is 0. The van der Waals surface area contributed by atoms with Crippen molar-refractivity contribution < 1.29 is 23.4 Å². The van der Waals surface area contributed by atoms with Crippen molar-refractivity contribution in [3.8, 4) is 46.5 Å². The standard InChI is InChI=1S/C31H24N8O6S/c1-39-21-8-6-5-7-20(21)22(15-25(39)40)44-29-34-28(33-19-11-9-17(16-32)10-12-19)35-30(36-29)46-31-38-37-27(45-31)18-13-23(41-2)26(43-4)24(14-18)42-3/h5-15H,1-4H3,(H,33,34,35,36). The maximum Gasteiger partial charge on any atom is 0.327 e. The Bertz CT molecular complexity index is 2140. The number of fused-ring (bicyclic) bond motifs is 1. The zero-order valence-electron chi connectivity index (χ0n) is 24.8. The summed E-state index contributed by atoms with van der Waals surface area (Å²) in [7, 11) is 6.22. The smallest absolute Gasteiger partial charge is 0.327 e. The molecule has 0 unspecified atom stereocenters. The van der Waals surface area contributed by atoms with Crippen molar-refractivity contribution in [3.63, 3.8) is 0 Å². The Morgan fingerprint density at radius 3 is 2.33 bits per heavy atom. The van der Waals surface area contributed by atoms with Gasteiger partial charge in [-0.1, -0.05) is 12.1 Å². The van der Waals surface area contributed by atoms with Crippen LogP contribution in [0.25, 0.3) is 22.4 Å². The van der Waals surface area contributed by atoms with Crippen molar-refractivity contribution >= 4 is 34.3 Å². The van der Waals surface area contributed by atoms with Gasteiger partial charge in [0.25, 0.3) is 10.8 Å². The van der Waals surface area contributed by atoms with Crippen LogP contribution < -0.4 is 29.8 Å². The number of pyridine rings is 1. The van der Waals surface area contributed by atoms with E-state index in [4.69, 9.17) is 28.6 Å². The Balaban J connectivity index is 1.36. The van der Waals surface area contributed by atoms with Crippen LogP contribution in [0, 0.1) is 11.3 Å². The van der Waals surface area contributed by atoms with Gasteiger partial charge in [-0.15, -0.1) is 10.2 Å². The van der Waals surface area contributed by atoms with Crippen LogP contribution >= 0.6 is 11.8 Å². The number of benzene rings is 3. The molecule has 1 N–H and O–H groups in total. The van der Waals surface area contributed by atoms with Gasteiger partial charge >= 0.3 is 6.01 Å². The summed E-state index contributed by atoms with van der Waals surface area (Å²) >= 11 is 0.977. The molecule has 0 bridgehead atoms. The Morgan fingerprint density at radius 2 is 1.63 bits per heavy atom. The quantitative estimate of drug-likeness (QED) is 0.204. The fraction of sp³-hybridized carbons (Fsp3) is 0.129. The molecule has 14 nitrogen and oxygen atoms in total. The number of anilines is 2. The molecule has 0 aliphatic heterocycles. The summed E-state index contributed by atoms with van der Waals surface area (Å²) in [6, 6.07) is 20.8. The molecule has 0 radical (unpaired) electrons. The van der Waals surface area contributed by atoms with Crippen LogP contribution in [0.2, 0.25) is 0 Å². The largest absolute Gasteiger partial charge is 0.493 e. The number of para-hydroxylation sites is 1. The Labute approximate surface area is 265 Å². The predicted octanol–water partition coefficient (Wildman–Crippen LogP) is 5.36. The molecule has 230 valence electrons. The normalized spacial score (nSPS) is 10.8. The van der Waals surface area contributed by atoms with Crippen molar-refractivity contribution in [1.82, 2.24) is 29.7 Å². The van der Waals surface area contributed by atoms with Gasteiger partial charge in [0.2, 0.25) is 22.7 Å². The molecule has 0 saturated carbocycles. The minimum atomic E-state index is -0.265. The first-order valence-electron chi connectivity index (χ1n) is 13.5. The van der Waals surface area contributed by atoms with E-state index in [1.165, 1.54) is 32.0 Å². The number of nitrogens with one attached hydrogen (secondary N) is 1. The van der Waals surface area contributed by atoms with E-state index < -0.39 is 0 Å². The molecule has 0 atom stereocenters. The third-order valence-corrected chi connectivity index (χ3v) is 7.38. The van der Waals surface area contributed by atoms with Crippen molar-refractivity contribution in [2.45, 2.75) is 10.4 Å². The van der Waals surface area contributed by atoms with Crippen molar-refractivity contribution in [2.75, 3.05) is 26.6 Å². The first kappa shape index (κ1) is 29.9. The van der Waals surface area contributed by atoms with Gasteiger partial charge < -0.3 is 33.2 Å². The summed E-state index contributed by atoms with van der Waals surface area (Å²) < 4.78 is 29.8. The van der Waals surface area contributed by atoms with Gasteiger partial charge in [-0.05, 0) is 48.5 Å². The van der Waals surface area contributed by atoms with Gasteiger partial charge in [0, 0.05) is 41.5 Å². The zero-order valence-corrected chi connectivity index (χ0v) is 25.7. The van der Waals surface area contributed by atoms with Gasteiger partial charge in [-0.25, -0.2) is 0 Å². The van der Waals surface area contributed by atoms with E-state index in [0.29, 0.717) is 45.0 Å². The average molecular weight is 637 g/mol. The summed E-state index contributed by atoms with van der Waals surface area (Å²) in [4.78, 5) is 26.1. The molecular weight excluding hydrogens is 612 g/mol. The third-order valence-electron chi connectivity index (χ3n) is 6.68. The van der Waals surface area contributed by atoms with Crippen LogP contribution in [0.15, 0.2) is 86.3 Å². The minimum Gasteiger partial charge on any atom is -0.493 e. The van der Waals surface area contributed by atoms with Gasteiger partial charge in [-0.2, -0.15) is 20.2 Å². The predicted molar refractivity (Wildman–Crippen MR) is 167 cm³/mol. The maximum atomic E-state index is 12.7. The number of nitrogens with zero attached hydrogens (tertiary/aromatic N) is 7. The summed E-state index contributed by atoms with van der Waals surface area (Å²) in [6.45, 7) is 0. The second kappa shape index (κ2) is 12.8. The van der Waals surface area contributed by atoms with Gasteiger partial charge in [0.15, 0.2) is 11.5 Å². The maximum absolute atomic E-state index is 12.7. The van der Waals surface area contributed by atoms with E-state index >= 15 is 0 Å². The Kier molecular flexibility index (Phi) is 8.35. The van der Waals surface area contributed by atoms with Crippen LogP contribution in [-0.4, -0.2) is 51.0 Å². The Hall–Kier alpha value is -6.14. The number of nitriles is 1. The Morgan fingerprint density at radius 1 is 0.891 bits per heavy atom. The van der Waals surface area contributed by atoms with E-state index in [1.54, 1.807) is 43.4 Å². The highest BCUT2D eigenvalue weighted by atomic mass is 32.2. The molecule has 0 aliphatic rings. The molecule has 0 aliphatic carbocycles. The molecule has 0 fully saturated rings. The van der Waals surface area contributed by atoms with Crippen molar-refractivity contribution in [3.05, 3.63) is 82.6 Å². The monoisotopic (exact) mass is 636 g/mol. The first-order valence-corrected chi connectivity index (χ1v) is 14.3. The summed E-state index contributed by atoms with van der Waals surface area (Å²) in [5, 5.41) is 21.5. The minimum absolute atomic E-state index is 0.0867. The number of ether oxygens (including phenoxy) is 4. The van der Waals surface area contributed by atoms with E-state index in [2.05, 4.69) is 36.5 Å². The van der Waals surface area contributed by atoms with Crippen molar-refractivity contribution in [1.29, 1.82) is 5.26 Å². The van der Waals surface area contributed by atoms with E-state index in [1.807, 2.05) is 24.3 Å². The highest BCUT2D eigenvalue weighted by molar-refractivity contribution is 7.98. The van der Waals surface area contributed by atoms with Crippen LogP contribution in [0.4, 0.5) is 11.6 Å². The lowest BCUT2D eigenvalue weighted by molar-refractivity contribution is 0.324. The van der Waals surface area contributed by atoms with Gasteiger partial charge in [0.1, 0.15) is 5.75 Å². The molecule has 46 heavy (non-hydrogen) atoms. The number of aromatic nitrogens is 6. The fourth-order valence-electron chi connectivity index (χ4n) is 4.46. The number of aryl methyl sites for hydroxylation is 1. The molecule has 6 rings (SSSR count). The van der Waals surface area contributed by atoms with E-state index in [-0.39, 0.29) is 39.5 Å². The second-order valence-corrected chi connectivity index (χ2v) is 10.4. The topological polar surface area (TPSA) is 172 Å². The molecule has 6 aromatic rings. The highest BCUT2D eigenvalue weighted by Crippen LogP contribution is 2.41. The van der Waals surface area contributed by atoms with E-state index in [0.717, 1.165) is 11.8 Å². The first-order chi connectivity index (χ1) is 22.4. The number of rotatable bonds is 10. The molecule has 0 saturated heterocycles. The third kappa shape index (κ3) is 6.10. The van der Waals surface area contributed by atoms with Crippen LogP contribution in [-0.2, 0) is 7.05 Å². The number of hydrogen-bond acceptors (Lipinski definition) is 14. The van der Waals surface area contributed by atoms with Crippen molar-refractivity contribution in [2.24, 2.45) is 7.05 Å². The molecule has 3 aromatic heterocycles. The van der Waals surface area contributed by atoms with Crippen LogP contribution in [0.1, 0.15) is 5.56 Å². The van der Waals surface area contributed by atoms with E-state index in [9.17, 15) is 4.79 Å². The summed E-state index contributed by atoms with van der Waals surface area (Å²) in [5.74, 6) is 1.86. The molecule has 0 amide bonds. The number of hydrogen-bond donors (Lipinski definition) is 1. The van der Waals surface area contributed by atoms with Gasteiger partial charge in [-0.3, -0.25) is 4.79 Å². The molecular formula is C31H24N8O6S. The lowest BCUT2D eigenvalue weighted by Gasteiger charge is -2.12. The van der Waals surface area contributed by atoms with Crippen LogP contribution in [0.3, 0.4) is 0 Å². The molecule has 15 heteroatoms. The highest BCUT2D eigenvalue weighted by Gasteiger charge is 2.20. The molecule has 0 spiro atoms. The SMILES string of the molecule is COc1cc(-c2nnc(Sc3nc(Nc4ccc(C#N)cc4)nc(Oc4cc(=O)n(C)c5ccccc45)n3)o2)cc(OC)c1OC. The van der Waals surface area contributed by atoms with Gasteiger partial charge in [0.05, 0.1) is 38.5 Å². The number of methoxy groups -OCH3 is 3. The summed E-state index contributed by atoms with van der Waals surface area (Å²) in [5.41, 5.74) is 2.06. The average Bonchev–Trinajstić information content (AvgIpc) is 3.55.